The van der Waals surface area contributed by atoms with Gasteiger partial charge in [-0.25, -0.2) is 4.79 Å². The molecule has 0 aromatic carbocycles. The third-order valence-electron chi connectivity index (χ3n) is 4.17. The minimum atomic E-state index is -0.0557. The number of rotatable bonds is 9. The number of thioether (sulfide) groups is 1. The summed E-state index contributed by atoms with van der Waals surface area (Å²) < 4.78 is 0. The average molecular weight is 342 g/mol. The van der Waals surface area contributed by atoms with Crippen molar-refractivity contribution in [3.8, 4) is 0 Å². The van der Waals surface area contributed by atoms with Gasteiger partial charge in [0, 0.05) is 36.9 Å². The van der Waals surface area contributed by atoms with Gasteiger partial charge in [0.05, 0.1) is 12.1 Å². The number of amides is 4. The maximum atomic E-state index is 11.7. The number of unbranched alkanes of at least 4 members (excludes halogenated alkanes) is 1. The van der Waals surface area contributed by atoms with Gasteiger partial charge in [-0.05, 0) is 12.8 Å². The zero-order valence-electron chi connectivity index (χ0n) is 13.5. The van der Waals surface area contributed by atoms with Crippen LogP contribution in [-0.4, -0.2) is 54.0 Å². The predicted molar refractivity (Wildman–Crippen MR) is 90.3 cm³/mol. The van der Waals surface area contributed by atoms with E-state index in [1.165, 1.54) is 0 Å². The second kappa shape index (κ2) is 9.00. The summed E-state index contributed by atoms with van der Waals surface area (Å²) in [6.45, 7) is 2.75. The molecule has 0 saturated carbocycles. The van der Waals surface area contributed by atoms with Crippen molar-refractivity contribution in [3.05, 3.63) is 0 Å². The molecule has 7 nitrogen and oxygen atoms in total. The Balaban J connectivity index is 1.49. The maximum absolute atomic E-state index is 11.7. The molecule has 2 heterocycles. The maximum Gasteiger partial charge on any atom is 0.315 e. The van der Waals surface area contributed by atoms with Crippen molar-refractivity contribution in [3.63, 3.8) is 0 Å². The summed E-state index contributed by atoms with van der Waals surface area (Å²) >= 11 is 1.90. The van der Waals surface area contributed by atoms with Crippen LogP contribution in [0.4, 0.5) is 4.79 Å². The van der Waals surface area contributed by atoms with Gasteiger partial charge in [-0.3, -0.25) is 9.59 Å². The molecule has 0 spiro atoms. The lowest BCUT2D eigenvalue weighted by molar-refractivity contribution is -0.122. The van der Waals surface area contributed by atoms with Crippen molar-refractivity contribution in [1.82, 2.24) is 21.3 Å². The van der Waals surface area contributed by atoms with Crippen LogP contribution < -0.4 is 21.3 Å². The van der Waals surface area contributed by atoms with Crippen molar-refractivity contribution < 1.29 is 14.4 Å². The standard InChI is InChI=1S/C15H26N4O3S/c1-2-12(20)16-7-8-17-13(21)6-4-3-5-11-14-10(9-23-11)18-15(22)19-14/h10-11,14H,2-9H2,1H3,(H,16,20)(H,17,21)(H2,18,19,22)/t10-,11?,14-/m0/s1. The summed E-state index contributed by atoms with van der Waals surface area (Å²) in [5, 5.41) is 11.9. The highest BCUT2D eigenvalue weighted by Crippen LogP contribution is 2.33. The highest BCUT2D eigenvalue weighted by molar-refractivity contribution is 8.00. The number of fused-ring (bicyclic) bond motifs is 1. The van der Waals surface area contributed by atoms with Crippen LogP contribution in [0, 0.1) is 0 Å². The molecule has 130 valence electrons. The number of carbonyl (C=O) groups excluding carboxylic acids is 3. The van der Waals surface area contributed by atoms with E-state index in [4.69, 9.17) is 0 Å². The van der Waals surface area contributed by atoms with Crippen LogP contribution in [0.1, 0.15) is 39.0 Å². The van der Waals surface area contributed by atoms with E-state index in [-0.39, 0.29) is 29.9 Å². The van der Waals surface area contributed by atoms with Crippen molar-refractivity contribution in [1.29, 1.82) is 0 Å². The predicted octanol–water partition coefficient (Wildman–Crippen LogP) is 0.355. The van der Waals surface area contributed by atoms with Crippen LogP contribution in [0.25, 0.3) is 0 Å². The zero-order chi connectivity index (χ0) is 16.7. The first kappa shape index (κ1) is 17.9. The van der Waals surface area contributed by atoms with Gasteiger partial charge in [0.15, 0.2) is 0 Å². The molecule has 2 fully saturated rings. The summed E-state index contributed by atoms with van der Waals surface area (Å²) in [5.74, 6) is 1.00. The molecule has 1 unspecified atom stereocenters. The normalized spacial score (nSPS) is 25.4. The van der Waals surface area contributed by atoms with Crippen molar-refractivity contribution in [2.45, 2.75) is 56.4 Å². The fourth-order valence-corrected chi connectivity index (χ4v) is 4.43. The quantitative estimate of drug-likeness (QED) is 0.359. The molecule has 4 amide bonds. The first-order valence-electron chi connectivity index (χ1n) is 8.32. The molecule has 2 rings (SSSR count). The number of hydrogen-bond donors (Lipinski definition) is 4. The lowest BCUT2D eigenvalue weighted by atomic mass is 10.0. The Kier molecular flexibility index (Phi) is 7.01. The molecule has 0 radical (unpaired) electrons. The molecule has 2 aliphatic heterocycles. The number of urea groups is 1. The Bertz CT molecular complexity index is 446. The number of carbonyl (C=O) groups is 3. The molecule has 0 aliphatic carbocycles. The monoisotopic (exact) mass is 342 g/mol. The van der Waals surface area contributed by atoms with Crippen molar-refractivity contribution in [2.24, 2.45) is 0 Å². The van der Waals surface area contributed by atoms with Crippen LogP contribution in [0.3, 0.4) is 0 Å². The van der Waals surface area contributed by atoms with Gasteiger partial charge in [-0.1, -0.05) is 13.3 Å². The van der Waals surface area contributed by atoms with E-state index >= 15 is 0 Å². The largest absolute Gasteiger partial charge is 0.354 e. The molecule has 3 atom stereocenters. The summed E-state index contributed by atoms with van der Waals surface area (Å²) in [6.07, 6.45) is 3.83. The Morgan fingerprint density at radius 1 is 1.17 bits per heavy atom. The zero-order valence-corrected chi connectivity index (χ0v) is 14.3. The minimum absolute atomic E-state index is 0.000102. The highest BCUT2D eigenvalue weighted by atomic mass is 32.2. The van der Waals surface area contributed by atoms with Crippen molar-refractivity contribution >= 4 is 29.6 Å². The van der Waals surface area contributed by atoms with Gasteiger partial charge in [-0.2, -0.15) is 11.8 Å². The van der Waals surface area contributed by atoms with E-state index in [0.29, 0.717) is 31.2 Å². The van der Waals surface area contributed by atoms with Gasteiger partial charge >= 0.3 is 6.03 Å². The summed E-state index contributed by atoms with van der Waals surface area (Å²) in [4.78, 5) is 34.0. The fourth-order valence-electron chi connectivity index (χ4n) is 2.89. The van der Waals surface area contributed by atoms with Gasteiger partial charge in [0.1, 0.15) is 0 Å². The Morgan fingerprint density at radius 2 is 1.91 bits per heavy atom. The molecular formula is C15H26N4O3S. The Labute approximate surface area is 141 Å². The Hall–Kier alpha value is -1.44. The molecule has 8 heteroatoms. The van der Waals surface area contributed by atoms with E-state index in [1.807, 2.05) is 11.8 Å². The second-order valence-electron chi connectivity index (χ2n) is 5.92. The lowest BCUT2D eigenvalue weighted by Crippen LogP contribution is -2.36. The molecular weight excluding hydrogens is 316 g/mol. The first-order valence-corrected chi connectivity index (χ1v) is 9.37. The van der Waals surface area contributed by atoms with Gasteiger partial charge in [-0.15, -0.1) is 0 Å². The fraction of sp³-hybridized carbons (Fsp3) is 0.800. The summed E-state index contributed by atoms with van der Waals surface area (Å²) in [6, 6.07) is 0.447. The van der Waals surface area contributed by atoms with Crippen molar-refractivity contribution in [2.75, 3.05) is 18.8 Å². The molecule has 4 N–H and O–H groups in total. The summed E-state index contributed by atoms with van der Waals surface area (Å²) in [7, 11) is 0. The number of hydrogen-bond acceptors (Lipinski definition) is 4. The third kappa shape index (κ3) is 5.60. The summed E-state index contributed by atoms with van der Waals surface area (Å²) in [5.41, 5.74) is 0. The van der Waals surface area contributed by atoms with Crippen LogP contribution in [0.2, 0.25) is 0 Å². The SMILES string of the molecule is CCC(=O)NCCNC(=O)CCCCC1SC[C@@H]2NC(=O)N[C@H]12. The van der Waals surface area contributed by atoms with E-state index in [2.05, 4.69) is 21.3 Å². The van der Waals surface area contributed by atoms with E-state index < -0.39 is 0 Å². The lowest BCUT2D eigenvalue weighted by Gasteiger charge is -2.16. The van der Waals surface area contributed by atoms with Gasteiger partial charge in [0.2, 0.25) is 11.8 Å². The van der Waals surface area contributed by atoms with Crippen LogP contribution in [-0.2, 0) is 9.59 Å². The van der Waals surface area contributed by atoms with Gasteiger partial charge in [0.25, 0.3) is 0 Å². The minimum Gasteiger partial charge on any atom is -0.354 e. The molecule has 23 heavy (non-hydrogen) atoms. The van der Waals surface area contributed by atoms with E-state index in [1.54, 1.807) is 6.92 Å². The number of nitrogens with one attached hydrogen (secondary N) is 4. The van der Waals surface area contributed by atoms with Crippen LogP contribution >= 0.6 is 11.8 Å². The second-order valence-corrected chi connectivity index (χ2v) is 7.19. The van der Waals surface area contributed by atoms with Crippen LogP contribution in [0.15, 0.2) is 0 Å². The first-order chi connectivity index (χ1) is 11.1. The van der Waals surface area contributed by atoms with Gasteiger partial charge < -0.3 is 21.3 Å². The van der Waals surface area contributed by atoms with E-state index in [9.17, 15) is 14.4 Å². The van der Waals surface area contributed by atoms with E-state index in [0.717, 1.165) is 25.0 Å². The molecule has 0 bridgehead atoms. The topological polar surface area (TPSA) is 99.3 Å². The third-order valence-corrected chi connectivity index (χ3v) is 5.68. The van der Waals surface area contributed by atoms with Crippen LogP contribution in [0.5, 0.6) is 0 Å². The highest BCUT2D eigenvalue weighted by Gasteiger charge is 2.42. The molecule has 0 aromatic rings. The Morgan fingerprint density at radius 3 is 2.65 bits per heavy atom. The molecule has 0 aromatic heterocycles. The average Bonchev–Trinajstić information content (AvgIpc) is 3.07. The molecule has 2 saturated heterocycles. The smallest absolute Gasteiger partial charge is 0.315 e. The molecule has 2 aliphatic rings.